The molecule has 1 saturated heterocycles. The quantitative estimate of drug-likeness (QED) is 0.870. The van der Waals surface area contributed by atoms with E-state index < -0.39 is 0 Å². The highest BCUT2D eigenvalue weighted by molar-refractivity contribution is 6.05. The molecule has 3 rings (SSSR count). The van der Waals surface area contributed by atoms with Crippen molar-refractivity contribution in [3.05, 3.63) is 54.4 Å². The molecule has 1 aromatic carbocycles. The lowest BCUT2D eigenvalue weighted by Crippen LogP contribution is -2.52. The first-order chi connectivity index (χ1) is 11.2. The van der Waals surface area contributed by atoms with Gasteiger partial charge in [-0.2, -0.15) is 0 Å². The summed E-state index contributed by atoms with van der Waals surface area (Å²) in [5.41, 5.74) is 1.57. The number of ether oxygens (including phenoxy) is 1. The van der Waals surface area contributed by atoms with E-state index in [4.69, 9.17) is 4.74 Å². The van der Waals surface area contributed by atoms with E-state index in [1.165, 1.54) is 4.90 Å². The maximum absolute atomic E-state index is 12.6. The van der Waals surface area contributed by atoms with Gasteiger partial charge in [0, 0.05) is 19.2 Å². The molecular formula is C17H17N3O3. The highest BCUT2D eigenvalue weighted by atomic mass is 16.5. The van der Waals surface area contributed by atoms with Crippen LogP contribution in [0, 0.1) is 0 Å². The fourth-order valence-electron chi connectivity index (χ4n) is 2.51. The van der Waals surface area contributed by atoms with Gasteiger partial charge in [-0.1, -0.05) is 12.1 Å². The van der Waals surface area contributed by atoms with Crippen molar-refractivity contribution in [1.29, 1.82) is 0 Å². The van der Waals surface area contributed by atoms with Crippen molar-refractivity contribution in [1.82, 2.24) is 9.88 Å². The summed E-state index contributed by atoms with van der Waals surface area (Å²) in [4.78, 5) is 31.7. The number of methoxy groups -OCH3 is 1. The van der Waals surface area contributed by atoms with Crippen LogP contribution in [0.15, 0.2) is 48.8 Å². The van der Waals surface area contributed by atoms with Gasteiger partial charge in [0.2, 0.25) is 5.91 Å². The summed E-state index contributed by atoms with van der Waals surface area (Å²) in [5, 5.41) is 0. The Bertz CT molecular complexity index is 701. The number of nitrogens with zero attached hydrogens (tertiary/aromatic N) is 3. The van der Waals surface area contributed by atoms with Crippen LogP contribution in [-0.2, 0) is 11.3 Å². The number of hydrogen-bond acceptors (Lipinski definition) is 4. The topological polar surface area (TPSA) is 62.7 Å². The number of aromatic nitrogens is 1. The summed E-state index contributed by atoms with van der Waals surface area (Å²) >= 11 is 0. The van der Waals surface area contributed by atoms with Gasteiger partial charge in [-0.3, -0.25) is 19.6 Å². The number of carbonyl (C=O) groups is 2. The number of rotatable bonds is 4. The van der Waals surface area contributed by atoms with Gasteiger partial charge < -0.3 is 4.74 Å². The molecule has 1 fully saturated rings. The Balaban J connectivity index is 1.79. The number of imide groups is 1. The van der Waals surface area contributed by atoms with Crippen LogP contribution in [-0.4, -0.2) is 35.5 Å². The van der Waals surface area contributed by atoms with E-state index in [1.54, 1.807) is 30.5 Å². The van der Waals surface area contributed by atoms with Gasteiger partial charge >= 0.3 is 6.03 Å². The fourth-order valence-corrected chi connectivity index (χ4v) is 2.51. The summed E-state index contributed by atoms with van der Waals surface area (Å²) in [6, 6.07) is 10.6. The Kier molecular flexibility index (Phi) is 4.23. The molecule has 0 atom stereocenters. The SMILES string of the molecule is COc1ccc(CN2C(=O)CCN(c3cccnc3)C2=O)cc1. The number of amides is 3. The number of benzene rings is 1. The van der Waals surface area contributed by atoms with Gasteiger partial charge in [-0.05, 0) is 29.8 Å². The molecule has 2 heterocycles. The number of pyridine rings is 1. The van der Waals surface area contributed by atoms with E-state index >= 15 is 0 Å². The van der Waals surface area contributed by atoms with E-state index in [0.29, 0.717) is 18.7 Å². The zero-order valence-corrected chi connectivity index (χ0v) is 12.8. The molecule has 0 aliphatic carbocycles. The highest BCUT2D eigenvalue weighted by Gasteiger charge is 2.32. The van der Waals surface area contributed by atoms with Crippen molar-refractivity contribution in [2.24, 2.45) is 0 Å². The summed E-state index contributed by atoms with van der Waals surface area (Å²) in [5.74, 6) is 0.577. The molecule has 118 valence electrons. The first-order valence-corrected chi connectivity index (χ1v) is 7.34. The standard InChI is InChI=1S/C17H17N3O3/c1-23-15-6-4-13(5-7-15)12-20-16(21)8-10-19(17(20)22)14-3-2-9-18-11-14/h2-7,9,11H,8,10,12H2,1H3. The minimum Gasteiger partial charge on any atom is -0.497 e. The number of carbonyl (C=O) groups excluding carboxylic acids is 2. The Labute approximate surface area is 134 Å². The van der Waals surface area contributed by atoms with Crippen LogP contribution in [0.4, 0.5) is 10.5 Å². The number of hydrogen-bond donors (Lipinski definition) is 0. The molecule has 3 amide bonds. The molecule has 6 nitrogen and oxygen atoms in total. The van der Waals surface area contributed by atoms with Crippen molar-refractivity contribution in [3.63, 3.8) is 0 Å². The minimum absolute atomic E-state index is 0.161. The van der Waals surface area contributed by atoms with E-state index in [0.717, 1.165) is 11.3 Å². The maximum Gasteiger partial charge on any atom is 0.331 e. The Morgan fingerprint density at radius 3 is 2.61 bits per heavy atom. The minimum atomic E-state index is -0.315. The molecule has 0 N–H and O–H groups in total. The van der Waals surface area contributed by atoms with E-state index in [1.807, 2.05) is 30.3 Å². The lowest BCUT2D eigenvalue weighted by Gasteiger charge is -2.34. The molecule has 0 radical (unpaired) electrons. The smallest absolute Gasteiger partial charge is 0.331 e. The molecule has 23 heavy (non-hydrogen) atoms. The molecule has 2 aromatic rings. The third-order valence-corrected chi connectivity index (χ3v) is 3.77. The van der Waals surface area contributed by atoms with Crippen LogP contribution in [0.5, 0.6) is 5.75 Å². The van der Waals surface area contributed by atoms with Gasteiger partial charge in [-0.15, -0.1) is 0 Å². The van der Waals surface area contributed by atoms with Crippen LogP contribution >= 0.6 is 0 Å². The first-order valence-electron chi connectivity index (χ1n) is 7.34. The molecule has 0 saturated carbocycles. The third-order valence-electron chi connectivity index (χ3n) is 3.77. The van der Waals surface area contributed by atoms with Crippen molar-refractivity contribution in [2.75, 3.05) is 18.6 Å². The maximum atomic E-state index is 12.6. The average molecular weight is 311 g/mol. The largest absolute Gasteiger partial charge is 0.497 e. The normalized spacial score (nSPS) is 15.0. The summed E-state index contributed by atoms with van der Waals surface area (Å²) in [6.07, 6.45) is 3.58. The summed E-state index contributed by atoms with van der Waals surface area (Å²) < 4.78 is 5.11. The molecular weight excluding hydrogens is 294 g/mol. The van der Waals surface area contributed by atoms with Crippen LogP contribution < -0.4 is 9.64 Å². The lowest BCUT2D eigenvalue weighted by atomic mass is 10.1. The van der Waals surface area contributed by atoms with E-state index in [-0.39, 0.29) is 18.5 Å². The Morgan fingerprint density at radius 1 is 1.17 bits per heavy atom. The van der Waals surface area contributed by atoms with Crippen LogP contribution in [0.3, 0.4) is 0 Å². The van der Waals surface area contributed by atoms with Gasteiger partial charge in [0.05, 0.1) is 25.5 Å². The fraction of sp³-hybridized carbons (Fsp3) is 0.235. The second kappa shape index (κ2) is 6.48. The van der Waals surface area contributed by atoms with Crippen molar-refractivity contribution < 1.29 is 14.3 Å². The Hall–Kier alpha value is -2.89. The van der Waals surface area contributed by atoms with Crippen molar-refractivity contribution in [3.8, 4) is 5.75 Å². The van der Waals surface area contributed by atoms with Crippen molar-refractivity contribution >= 4 is 17.6 Å². The van der Waals surface area contributed by atoms with Gasteiger partial charge in [0.1, 0.15) is 5.75 Å². The zero-order chi connectivity index (χ0) is 16.2. The molecule has 0 bridgehead atoms. The molecule has 1 aromatic heterocycles. The van der Waals surface area contributed by atoms with Gasteiger partial charge in [0.25, 0.3) is 0 Å². The van der Waals surface area contributed by atoms with Gasteiger partial charge in [0.15, 0.2) is 0 Å². The van der Waals surface area contributed by atoms with E-state index in [2.05, 4.69) is 4.98 Å². The summed E-state index contributed by atoms with van der Waals surface area (Å²) in [6.45, 7) is 0.626. The van der Waals surface area contributed by atoms with Crippen molar-refractivity contribution in [2.45, 2.75) is 13.0 Å². The number of anilines is 1. The Morgan fingerprint density at radius 2 is 1.96 bits per heavy atom. The molecule has 6 heteroatoms. The molecule has 1 aliphatic heterocycles. The monoisotopic (exact) mass is 311 g/mol. The number of urea groups is 1. The molecule has 0 unspecified atom stereocenters. The van der Waals surface area contributed by atoms with Crippen LogP contribution in [0.1, 0.15) is 12.0 Å². The third kappa shape index (κ3) is 3.15. The van der Waals surface area contributed by atoms with Crippen LogP contribution in [0.2, 0.25) is 0 Å². The van der Waals surface area contributed by atoms with Gasteiger partial charge in [-0.25, -0.2) is 4.79 Å². The predicted molar refractivity (Wildman–Crippen MR) is 85.1 cm³/mol. The second-order valence-corrected chi connectivity index (χ2v) is 5.22. The average Bonchev–Trinajstić information content (AvgIpc) is 2.60. The lowest BCUT2D eigenvalue weighted by molar-refractivity contribution is -0.129. The molecule has 0 spiro atoms. The van der Waals surface area contributed by atoms with Crippen LogP contribution in [0.25, 0.3) is 0 Å². The zero-order valence-electron chi connectivity index (χ0n) is 12.8. The molecule has 1 aliphatic rings. The summed E-state index contributed by atoms with van der Waals surface area (Å²) in [7, 11) is 1.60. The first kappa shape index (κ1) is 15.0. The van der Waals surface area contributed by atoms with E-state index in [9.17, 15) is 9.59 Å². The predicted octanol–water partition coefficient (Wildman–Crippen LogP) is 2.45. The highest BCUT2D eigenvalue weighted by Crippen LogP contribution is 2.21. The second-order valence-electron chi connectivity index (χ2n) is 5.22.